The second-order valence-electron chi connectivity index (χ2n) is 5.67. The monoisotopic (exact) mass is 317 g/mol. The van der Waals surface area contributed by atoms with Gasteiger partial charge in [0.25, 0.3) is 0 Å². The van der Waals surface area contributed by atoms with Crippen LogP contribution in [0.25, 0.3) is 10.6 Å². The molecule has 1 N–H and O–H groups in total. The van der Waals surface area contributed by atoms with E-state index in [-0.39, 0.29) is 5.91 Å². The Morgan fingerprint density at radius 3 is 2.68 bits per heavy atom. The molecule has 1 amide bonds. The van der Waals surface area contributed by atoms with Crippen LogP contribution in [0.3, 0.4) is 0 Å². The van der Waals surface area contributed by atoms with Gasteiger partial charge in [0.1, 0.15) is 5.01 Å². The second kappa shape index (κ2) is 7.51. The van der Waals surface area contributed by atoms with E-state index >= 15 is 0 Å². The number of carbonyl (C=O) groups is 1. The van der Waals surface area contributed by atoms with Crippen LogP contribution in [-0.4, -0.2) is 43.0 Å². The van der Waals surface area contributed by atoms with Crippen LogP contribution in [0.4, 0.5) is 0 Å². The van der Waals surface area contributed by atoms with E-state index in [1.54, 1.807) is 11.3 Å². The molecule has 0 radical (unpaired) electrons. The van der Waals surface area contributed by atoms with Crippen molar-refractivity contribution in [3.05, 3.63) is 40.4 Å². The number of hydrogen-bond acceptors (Lipinski definition) is 4. The average molecular weight is 317 g/mol. The maximum absolute atomic E-state index is 12.0. The molecule has 0 spiro atoms. The third-order valence-electron chi connectivity index (χ3n) is 3.47. The number of rotatable bonds is 6. The molecule has 5 heteroatoms. The van der Waals surface area contributed by atoms with Gasteiger partial charge in [-0.1, -0.05) is 24.3 Å². The van der Waals surface area contributed by atoms with Gasteiger partial charge in [-0.15, -0.1) is 11.3 Å². The normalized spacial score (nSPS) is 11.0. The molecule has 2 aromatic rings. The Balaban J connectivity index is 2.04. The summed E-state index contributed by atoms with van der Waals surface area (Å²) in [7, 11) is 3.99. The molecule has 0 saturated carbocycles. The Hall–Kier alpha value is -1.72. The molecule has 0 aliphatic rings. The first kappa shape index (κ1) is 16.6. The van der Waals surface area contributed by atoms with Crippen molar-refractivity contribution < 1.29 is 4.79 Å². The number of amides is 1. The lowest BCUT2D eigenvalue weighted by atomic mass is 10.1. The molecular formula is C17H23N3OS. The number of hydrogen-bond donors (Lipinski definition) is 1. The first-order chi connectivity index (χ1) is 10.5. The van der Waals surface area contributed by atoms with Crippen LogP contribution in [0.1, 0.15) is 16.1 Å². The highest BCUT2D eigenvalue weighted by atomic mass is 32.1. The van der Waals surface area contributed by atoms with E-state index in [2.05, 4.69) is 34.3 Å². The van der Waals surface area contributed by atoms with Crippen molar-refractivity contribution in [1.82, 2.24) is 15.2 Å². The standard InChI is InChI=1S/C17H23N3OS/c1-12-7-5-6-8-14(12)17-19-13(2)15(22-17)11-16(21)18-9-10-20(3)4/h5-8H,9-11H2,1-4H3,(H,18,21). The summed E-state index contributed by atoms with van der Waals surface area (Å²) in [4.78, 5) is 19.7. The zero-order valence-electron chi connectivity index (χ0n) is 13.6. The van der Waals surface area contributed by atoms with Gasteiger partial charge in [-0.25, -0.2) is 4.98 Å². The third kappa shape index (κ3) is 4.39. The zero-order chi connectivity index (χ0) is 16.1. The van der Waals surface area contributed by atoms with Gasteiger partial charge < -0.3 is 10.2 Å². The van der Waals surface area contributed by atoms with Crippen LogP contribution in [0.2, 0.25) is 0 Å². The fraction of sp³-hybridized carbons (Fsp3) is 0.412. The molecule has 0 aliphatic carbocycles. The van der Waals surface area contributed by atoms with Gasteiger partial charge in [-0.05, 0) is 33.5 Å². The quantitative estimate of drug-likeness (QED) is 0.891. The minimum absolute atomic E-state index is 0.0601. The van der Waals surface area contributed by atoms with Crippen LogP contribution < -0.4 is 5.32 Å². The molecule has 2 rings (SSSR count). The topological polar surface area (TPSA) is 45.2 Å². The summed E-state index contributed by atoms with van der Waals surface area (Å²) in [6.45, 7) is 5.58. The first-order valence-electron chi connectivity index (χ1n) is 7.41. The minimum atomic E-state index is 0.0601. The van der Waals surface area contributed by atoms with Crippen LogP contribution in [0.5, 0.6) is 0 Å². The first-order valence-corrected chi connectivity index (χ1v) is 8.22. The Labute approximate surface area is 136 Å². The Morgan fingerprint density at radius 1 is 1.27 bits per heavy atom. The Bertz CT molecular complexity index is 649. The number of likely N-dealkylation sites (N-methyl/N-ethyl adjacent to an activating group) is 1. The van der Waals surface area contributed by atoms with E-state index in [1.807, 2.05) is 33.2 Å². The fourth-order valence-electron chi connectivity index (χ4n) is 2.15. The van der Waals surface area contributed by atoms with Gasteiger partial charge in [0.05, 0.1) is 12.1 Å². The molecule has 0 saturated heterocycles. The van der Waals surface area contributed by atoms with E-state index in [0.717, 1.165) is 27.7 Å². The molecule has 22 heavy (non-hydrogen) atoms. The number of aryl methyl sites for hydroxylation is 2. The highest BCUT2D eigenvalue weighted by molar-refractivity contribution is 7.15. The van der Waals surface area contributed by atoms with Crippen LogP contribution in [-0.2, 0) is 11.2 Å². The summed E-state index contributed by atoms with van der Waals surface area (Å²) in [6, 6.07) is 8.21. The van der Waals surface area contributed by atoms with Crippen LogP contribution in [0.15, 0.2) is 24.3 Å². The van der Waals surface area contributed by atoms with E-state index in [4.69, 9.17) is 0 Å². The van der Waals surface area contributed by atoms with Gasteiger partial charge in [0.15, 0.2) is 0 Å². The van der Waals surface area contributed by atoms with Crippen molar-refractivity contribution in [2.75, 3.05) is 27.2 Å². The molecule has 0 atom stereocenters. The summed E-state index contributed by atoms with van der Waals surface area (Å²) in [6.07, 6.45) is 0.406. The summed E-state index contributed by atoms with van der Waals surface area (Å²) >= 11 is 1.61. The molecule has 0 bridgehead atoms. The van der Waals surface area contributed by atoms with Crippen molar-refractivity contribution in [2.45, 2.75) is 20.3 Å². The summed E-state index contributed by atoms with van der Waals surface area (Å²) < 4.78 is 0. The summed E-state index contributed by atoms with van der Waals surface area (Å²) in [5, 5.41) is 3.94. The van der Waals surface area contributed by atoms with E-state index in [9.17, 15) is 4.79 Å². The maximum atomic E-state index is 12.0. The van der Waals surface area contributed by atoms with E-state index in [0.29, 0.717) is 13.0 Å². The highest BCUT2D eigenvalue weighted by Gasteiger charge is 2.13. The Morgan fingerprint density at radius 2 is 2.00 bits per heavy atom. The summed E-state index contributed by atoms with van der Waals surface area (Å²) in [5.41, 5.74) is 3.30. The number of benzene rings is 1. The predicted molar refractivity (Wildman–Crippen MR) is 92.3 cm³/mol. The largest absolute Gasteiger partial charge is 0.355 e. The number of nitrogens with one attached hydrogen (secondary N) is 1. The third-order valence-corrected chi connectivity index (χ3v) is 4.66. The number of nitrogens with zero attached hydrogens (tertiary/aromatic N) is 2. The van der Waals surface area contributed by atoms with E-state index in [1.165, 1.54) is 5.56 Å². The zero-order valence-corrected chi connectivity index (χ0v) is 14.5. The van der Waals surface area contributed by atoms with Crippen molar-refractivity contribution in [1.29, 1.82) is 0 Å². The highest BCUT2D eigenvalue weighted by Crippen LogP contribution is 2.30. The summed E-state index contributed by atoms with van der Waals surface area (Å²) in [5.74, 6) is 0.0601. The van der Waals surface area contributed by atoms with E-state index < -0.39 is 0 Å². The minimum Gasteiger partial charge on any atom is -0.355 e. The molecule has 1 aromatic heterocycles. The molecule has 0 unspecified atom stereocenters. The number of carbonyl (C=O) groups excluding carboxylic acids is 1. The maximum Gasteiger partial charge on any atom is 0.225 e. The van der Waals surface area contributed by atoms with Gasteiger partial charge in [0.2, 0.25) is 5.91 Å². The lowest BCUT2D eigenvalue weighted by molar-refractivity contribution is -0.120. The smallest absolute Gasteiger partial charge is 0.225 e. The average Bonchev–Trinajstić information content (AvgIpc) is 2.80. The van der Waals surface area contributed by atoms with Gasteiger partial charge in [-0.2, -0.15) is 0 Å². The van der Waals surface area contributed by atoms with Crippen LogP contribution in [0, 0.1) is 13.8 Å². The molecule has 0 aliphatic heterocycles. The fourth-order valence-corrected chi connectivity index (χ4v) is 3.30. The molecule has 118 valence electrons. The molecule has 0 fully saturated rings. The molecule has 1 aromatic carbocycles. The number of aromatic nitrogens is 1. The molecule has 4 nitrogen and oxygen atoms in total. The van der Waals surface area contributed by atoms with Crippen LogP contribution >= 0.6 is 11.3 Å². The molecular weight excluding hydrogens is 294 g/mol. The predicted octanol–water partition coefficient (Wildman–Crippen LogP) is 2.65. The lowest BCUT2D eigenvalue weighted by Crippen LogP contribution is -2.32. The second-order valence-corrected chi connectivity index (χ2v) is 6.76. The number of thiazole rings is 1. The SMILES string of the molecule is Cc1ccccc1-c1nc(C)c(CC(=O)NCCN(C)C)s1. The lowest BCUT2D eigenvalue weighted by Gasteiger charge is -2.09. The van der Waals surface area contributed by atoms with Crippen molar-refractivity contribution in [2.24, 2.45) is 0 Å². The van der Waals surface area contributed by atoms with Crippen molar-refractivity contribution in [3.63, 3.8) is 0 Å². The van der Waals surface area contributed by atoms with Gasteiger partial charge >= 0.3 is 0 Å². The van der Waals surface area contributed by atoms with Crippen molar-refractivity contribution in [3.8, 4) is 10.6 Å². The van der Waals surface area contributed by atoms with Gasteiger partial charge in [-0.3, -0.25) is 4.79 Å². The Kier molecular flexibility index (Phi) is 5.69. The van der Waals surface area contributed by atoms with Crippen molar-refractivity contribution >= 4 is 17.2 Å². The molecule has 1 heterocycles. The van der Waals surface area contributed by atoms with Gasteiger partial charge in [0, 0.05) is 23.5 Å².